The Labute approximate surface area is 178 Å². The smallest absolute Gasteiger partial charge is 0.242 e. The van der Waals surface area contributed by atoms with Crippen LogP contribution in [0.4, 0.5) is 0 Å². The maximum atomic E-state index is 12.2. The Morgan fingerprint density at radius 1 is 1.07 bits per heavy atom. The van der Waals surface area contributed by atoms with E-state index in [4.69, 9.17) is 4.42 Å². The quantitative estimate of drug-likeness (QED) is 0.437. The van der Waals surface area contributed by atoms with Gasteiger partial charge in [0.1, 0.15) is 12.3 Å². The van der Waals surface area contributed by atoms with Gasteiger partial charge in [-0.15, -0.1) is 0 Å². The van der Waals surface area contributed by atoms with Crippen molar-refractivity contribution in [2.24, 2.45) is 4.99 Å². The standard InChI is InChI=1S/C23H33N5O2/c1-2-24-23(27-18-22(29)25-16-19-10-5-3-6-11-19)26-17-20(21-12-9-15-30-21)28-13-7-4-8-14-28/h3,5-6,9-12,15,20H,2,4,7-8,13-14,16-18H2,1H3,(H,25,29)(H2,24,26,27). The Bertz CT molecular complexity index is 770. The number of guanidine groups is 1. The van der Waals surface area contributed by atoms with Gasteiger partial charge in [-0.1, -0.05) is 36.8 Å². The topological polar surface area (TPSA) is 81.9 Å². The highest BCUT2D eigenvalue weighted by molar-refractivity contribution is 5.84. The van der Waals surface area contributed by atoms with E-state index in [-0.39, 0.29) is 18.5 Å². The number of likely N-dealkylation sites (tertiary alicyclic amines) is 1. The van der Waals surface area contributed by atoms with Crippen molar-refractivity contribution in [2.75, 3.05) is 32.7 Å². The van der Waals surface area contributed by atoms with E-state index in [1.54, 1.807) is 6.26 Å². The summed E-state index contributed by atoms with van der Waals surface area (Å²) in [6.07, 6.45) is 5.44. The van der Waals surface area contributed by atoms with Gasteiger partial charge in [-0.3, -0.25) is 9.69 Å². The van der Waals surface area contributed by atoms with E-state index in [0.717, 1.165) is 31.0 Å². The molecule has 3 N–H and O–H groups in total. The van der Waals surface area contributed by atoms with E-state index in [1.807, 2.05) is 49.4 Å². The minimum absolute atomic E-state index is 0.0807. The van der Waals surface area contributed by atoms with Gasteiger partial charge >= 0.3 is 0 Å². The molecule has 1 aliphatic heterocycles. The lowest BCUT2D eigenvalue weighted by Crippen LogP contribution is -2.44. The van der Waals surface area contributed by atoms with Crippen molar-refractivity contribution in [3.05, 3.63) is 60.1 Å². The largest absolute Gasteiger partial charge is 0.468 e. The van der Waals surface area contributed by atoms with E-state index >= 15 is 0 Å². The SMILES string of the molecule is CCNC(=NCC(=O)NCc1ccccc1)NCC(c1ccco1)N1CCCCC1. The fraction of sp³-hybridized carbons (Fsp3) is 0.478. The van der Waals surface area contributed by atoms with Crippen LogP contribution in [0.2, 0.25) is 0 Å². The van der Waals surface area contributed by atoms with Gasteiger partial charge in [-0.2, -0.15) is 0 Å². The lowest BCUT2D eigenvalue weighted by atomic mass is 10.1. The van der Waals surface area contributed by atoms with Gasteiger partial charge in [0.25, 0.3) is 0 Å². The molecule has 1 amide bonds. The van der Waals surface area contributed by atoms with Crippen LogP contribution >= 0.6 is 0 Å². The molecule has 1 aromatic carbocycles. The third-order valence-electron chi connectivity index (χ3n) is 5.22. The summed E-state index contributed by atoms with van der Waals surface area (Å²) < 4.78 is 5.71. The normalized spacial score (nSPS) is 16.1. The maximum Gasteiger partial charge on any atom is 0.242 e. The van der Waals surface area contributed by atoms with E-state index in [2.05, 4.69) is 25.8 Å². The van der Waals surface area contributed by atoms with E-state index in [0.29, 0.717) is 19.0 Å². The van der Waals surface area contributed by atoms with Gasteiger partial charge in [0, 0.05) is 19.6 Å². The van der Waals surface area contributed by atoms with Crippen LogP contribution in [0.1, 0.15) is 43.6 Å². The fourth-order valence-corrected chi connectivity index (χ4v) is 3.66. The molecule has 7 nitrogen and oxygen atoms in total. The number of rotatable bonds is 9. The number of carbonyl (C=O) groups is 1. The number of hydrogen-bond acceptors (Lipinski definition) is 4. The van der Waals surface area contributed by atoms with Crippen molar-refractivity contribution < 1.29 is 9.21 Å². The molecule has 1 atom stereocenters. The number of carbonyl (C=O) groups excluding carboxylic acids is 1. The van der Waals surface area contributed by atoms with Crippen LogP contribution in [-0.2, 0) is 11.3 Å². The monoisotopic (exact) mass is 411 g/mol. The first kappa shape index (κ1) is 21.9. The first-order chi connectivity index (χ1) is 14.8. The van der Waals surface area contributed by atoms with Crippen LogP contribution in [0, 0.1) is 0 Å². The van der Waals surface area contributed by atoms with Gasteiger partial charge in [-0.05, 0) is 50.6 Å². The highest BCUT2D eigenvalue weighted by Gasteiger charge is 2.24. The number of nitrogens with one attached hydrogen (secondary N) is 3. The molecule has 0 saturated carbocycles. The van der Waals surface area contributed by atoms with Crippen molar-refractivity contribution in [3.63, 3.8) is 0 Å². The zero-order valence-electron chi connectivity index (χ0n) is 17.8. The summed E-state index contributed by atoms with van der Waals surface area (Å²) in [6.45, 7) is 6.15. The molecular formula is C23H33N5O2. The molecule has 0 spiro atoms. The zero-order chi connectivity index (χ0) is 21.0. The average molecular weight is 412 g/mol. The van der Waals surface area contributed by atoms with Crippen molar-refractivity contribution in [1.82, 2.24) is 20.9 Å². The molecule has 1 fully saturated rings. The molecule has 2 heterocycles. The minimum Gasteiger partial charge on any atom is -0.468 e. The van der Waals surface area contributed by atoms with Gasteiger partial charge in [-0.25, -0.2) is 4.99 Å². The lowest BCUT2D eigenvalue weighted by Gasteiger charge is -2.33. The summed E-state index contributed by atoms with van der Waals surface area (Å²) in [7, 11) is 0. The Hall–Kier alpha value is -2.80. The van der Waals surface area contributed by atoms with E-state index < -0.39 is 0 Å². The molecule has 2 aromatic rings. The predicted molar refractivity (Wildman–Crippen MR) is 119 cm³/mol. The van der Waals surface area contributed by atoms with Crippen LogP contribution in [0.3, 0.4) is 0 Å². The Kier molecular flexibility index (Phi) is 8.78. The summed E-state index contributed by atoms with van der Waals surface area (Å²) in [4.78, 5) is 19.1. The molecule has 162 valence electrons. The number of aliphatic imine (C=N–C) groups is 1. The van der Waals surface area contributed by atoms with Gasteiger partial charge < -0.3 is 20.4 Å². The third kappa shape index (κ3) is 6.91. The lowest BCUT2D eigenvalue weighted by molar-refractivity contribution is -0.119. The molecular weight excluding hydrogens is 378 g/mol. The van der Waals surface area contributed by atoms with Crippen LogP contribution in [-0.4, -0.2) is 49.5 Å². The van der Waals surface area contributed by atoms with Crippen LogP contribution in [0.5, 0.6) is 0 Å². The molecule has 0 aliphatic carbocycles. The van der Waals surface area contributed by atoms with Crippen LogP contribution < -0.4 is 16.0 Å². The second-order valence-electron chi connectivity index (χ2n) is 7.47. The molecule has 0 bridgehead atoms. The summed E-state index contributed by atoms with van der Waals surface area (Å²) in [6, 6.07) is 14.0. The number of hydrogen-bond donors (Lipinski definition) is 3. The maximum absolute atomic E-state index is 12.2. The summed E-state index contributed by atoms with van der Waals surface area (Å²) in [5, 5.41) is 9.53. The molecule has 3 rings (SSSR count). The van der Waals surface area contributed by atoms with Crippen molar-refractivity contribution in [1.29, 1.82) is 0 Å². The predicted octanol–water partition coefficient (Wildman–Crippen LogP) is 2.68. The molecule has 30 heavy (non-hydrogen) atoms. The molecule has 1 saturated heterocycles. The molecule has 1 aromatic heterocycles. The van der Waals surface area contributed by atoms with Crippen molar-refractivity contribution in [3.8, 4) is 0 Å². The summed E-state index contributed by atoms with van der Waals surface area (Å²) >= 11 is 0. The highest BCUT2D eigenvalue weighted by atomic mass is 16.3. The van der Waals surface area contributed by atoms with E-state index in [9.17, 15) is 4.79 Å². The summed E-state index contributed by atoms with van der Waals surface area (Å²) in [5.74, 6) is 1.50. The number of amides is 1. The zero-order valence-corrected chi connectivity index (χ0v) is 17.8. The number of benzene rings is 1. The molecule has 1 aliphatic rings. The second-order valence-corrected chi connectivity index (χ2v) is 7.47. The Morgan fingerprint density at radius 2 is 1.87 bits per heavy atom. The number of furan rings is 1. The second kappa shape index (κ2) is 12.0. The molecule has 0 radical (unpaired) electrons. The van der Waals surface area contributed by atoms with Gasteiger partial charge in [0.2, 0.25) is 5.91 Å². The van der Waals surface area contributed by atoms with E-state index in [1.165, 1.54) is 19.3 Å². The molecule has 1 unspecified atom stereocenters. The Balaban J connectivity index is 1.54. The summed E-state index contributed by atoms with van der Waals surface area (Å²) in [5.41, 5.74) is 1.07. The highest BCUT2D eigenvalue weighted by Crippen LogP contribution is 2.24. The third-order valence-corrected chi connectivity index (χ3v) is 5.22. The van der Waals surface area contributed by atoms with Crippen LogP contribution in [0.15, 0.2) is 58.1 Å². The van der Waals surface area contributed by atoms with Gasteiger partial charge in [0.15, 0.2) is 5.96 Å². The van der Waals surface area contributed by atoms with Gasteiger partial charge in [0.05, 0.1) is 12.3 Å². The van der Waals surface area contributed by atoms with Crippen LogP contribution in [0.25, 0.3) is 0 Å². The number of piperidine rings is 1. The van der Waals surface area contributed by atoms with Crippen molar-refractivity contribution in [2.45, 2.75) is 38.8 Å². The average Bonchev–Trinajstić information content (AvgIpc) is 3.32. The first-order valence-electron chi connectivity index (χ1n) is 10.9. The van der Waals surface area contributed by atoms with Crippen molar-refractivity contribution >= 4 is 11.9 Å². The minimum atomic E-state index is -0.102. The Morgan fingerprint density at radius 3 is 2.57 bits per heavy atom. The first-order valence-corrected chi connectivity index (χ1v) is 10.9. The molecule has 7 heteroatoms. The number of nitrogens with zero attached hydrogens (tertiary/aromatic N) is 2. The fourth-order valence-electron chi connectivity index (χ4n) is 3.66.